The molecule has 0 spiro atoms. The zero-order chi connectivity index (χ0) is 28.2. The van der Waals surface area contributed by atoms with Crippen molar-refractivity contribution >= 4 is 44.8 Å². The lowest BCUT2D eigenvalue weighted by atomic mass is 10.1. The standard InChI is InChI=1S/C27H25ClF3N3O4S/c28-22-14-13-19(27(29,30)31)17-24(22)34(39(37,38)20-9-3-1-4-10-20)18-25(35)32-23-12-6-5-11-21(23)26(36)33-15-7-2-8-16-33/h1,3-6,9-14,17H,2,7-8,15-16,18H2,(H,32,35). The summed E-state index contributed by atoms with van der Waals surface area (Å²) < 4.78 is 68.1. The third-order valence-electron chi connectivity index (χ3n) is 6.24. The number of carbonyl (C=O) groups excluding carboxylic acids is 2. The van der Waals surface area contributed by atoms with Crippen molar-refractivity contribution in [1.29, 1.82) is 0 Å². The number of amides is 2. The fraction of sp³-hybridized carbons (Fsp3) is 0.259. The Kier molecular flexibility index (Phi) is 8.51. The first-order valence-electron chi connectivity index (χ1n) is 12.1. The van der Waals surface area contributed by atoms with Gasteiger partial charge in [-0.15, -0.1) is 0 Å². The van der Waals surface area contributed by atoms with E-state index < -0.39 is 39.9 Å². The van der Waals surface area contributed by atoms with Gasteiger partial charge in [0.2, 0.25) is 5.91 Å². The van der Waals surface area contributed by atoms with Crippen molar-refractivity contribution in [3.8, 4) is 0 Å². The monoisotopic (exact) mass is 579 g/mol. The summed E-state index contributed by atoms with van der Waals surface area (Å²) in [6.07, 6.45) is -2.03. The van der Waals surface area contributed by atoms with Crippen molar-refractivity contribution in [2.45, 2.75) is 30.3 Å². The molecule has 1 saturated heterocycles. The van der Waals surface area contributed by atoms with Crippen LogP contribution in [0.4, 0.5) is 24.5 Å². The van der Waals surface area contributed by atoms with E-state index in [1.807, 2.05) is 0 Å². The zero-order valence-electron chi connectivity index (χ0n) is 20.6. The summed E-state index contributed by atoms with van der Waals surface area (Å²) in [6.45, 7) is 0.265. The number of rotatable bonds is 7. The second kappa shape index (κ2) is 11.7. The SMILES string of the molecule is O=C(CN(c1cc(C(F)(F)F)ccc1Cl)S(=O)(=O)c1ccccc1)Nc1ccccc1C(=O)N1CCCCC1. The van der Waals surface area contributed by atoms with Gasteiger partial charge < -0.3 is 10.2 Å². The van der Waals surface area contributed by atoms with Crippen LogP contribution in [-0.2, 0) is 21.0 Å². The average Bonchev–Trinajstić information content (AvgIpc) is 2.92. The van der Waals surface area contributed by atoms with Crippen molar-refractivity contribution in [3.63, 3.8) is 0 Å². The van der Waals surface area contributed by atoms with E-state index in [-0.39, 0.29) is 27.1 Å². The fourth-order valence-electron chi connectivity index (χ4n) is 4.27. The second-order valence-corrected chi connectivity index (χ2v) is 11.2. The second-order valence-electron chi connectivity index (χ2n) is 8.94. The molecule has 1 N–H and O–H groups in total. The zero-order valence-corrected chi connectivity index (χ0v) is 22.2. The predicted molar refractivity (Wildman–Crippen MR) is 142 cm³/mol. The quantitative estimate of drug-likeness (QED) is 0.382. The van der Waals surface area contributed by atoms with Gasteiger partial charge in [0.05, 0.1) is 32.4 Å². The van der Waals surface area contributed by atoms with Crippen LogP contribution in [0.25, 0.3) is 0 Å². The molecule has 1 fully saturated rings. The molecule has 1 aliphatic rings. The minimum absolute atomic E-state index is 0.158. The van der Waals surface area contributed by atoms with E-state index in [9.17, 15) is 31.2 Å². The van der Waals surface area contributed by atoms with Crippen LogP contribution in [0.3, 0.4) is 0 Å². The number of piperidine rings is 1. The Morgan fingerprint density at radius 3 is 2.23 bits per heavy atom. The molecule has 0 bridgehead atoms. The lowest BCUT2D eigenvalue weighted by Gasteiger charge is -2.28. The van der Waals surface area contributed by atoms with E-state index in [0.717, 1.165) is 31.4 Å². The Morgan fingerprint density at radius 1 is 0.923 bits per heavy atom. The number of nitrogens with zero attached hydrogens (tertiary/aromatic N) is 2. The topological polar surface area (TPSA) is 86.8 Å². The molecule has 39 heavy (non-hydrogen) atoms. The molecule has 0 saturated carbocycles. The number of anilines is 2. The van der Waals surface area contributed by atoms with Crippen LogP contribution in [0, 0.1) is 0 Å². The van der Waals surface area contributed by atoms with Crippen LogP contribution in [0.15, 0.2) is 77.7 Å². The van der Waals surface area contributed by atoms with Crippen LogP contribution in [0.5, 0.6) is 0 Å². The van der Waals surface area contributed by atoms with Gasteiger partial charge in [0.15, 0.2) is 0 Å². The highest BCUT2D eigenvalue weighted by Gasteiger charge is 2.34. The molecule has 3 aromatic rings. The normalized spacial score (nSPS) is 14.1. The Bertz CT molecular complexity index is 1460. The van der Waals surface area contributed by atoms with Crippen molar-refractivity contribution in [3.05, 3.63) is 88.9 Å². The molecule has 7 nitrogen and oxygen atoms in total. The van der Waals surface area contributed by atoms with Gasteiger partial charge in [0.1, 0.15) is 6.54 Å². The van der Waals surface area contributed by atoms with E-state index in [4.69, 9.17) is 11.6 Å². The van der Waals surface area contributed by atoms with Crippen LogP contribution in [-0.4, -0.2) is 44.8 Å². The maximum Gasteiger partial charge on any atom is 0.416 e. The Labute approximate surface area is 229 Å². The first-order valence-corrected chi connectivity index (χ1v) is 13.9. The van der Waals surface area contributed by atoms with Gasteiger partial charge in [0.25, 0.3) is 15.9 Å². The lowest BCUT2D eigenvalue weighted by molar-refractivity contribution is -0.137. The number of alkyl halides is 3. The van der Waals surface area contributed by atoms with Gasteiger partial charge in [-0.1, -0.05) is 41.9 Å². The van der Waals surface area contributed by atoms with E-state index >= 15 is 0 Å². The van der Waals surface area contributed by atoms with Gasteiger partial charge in [0, 0.05) is 13.1 Å². The summed E-state index contributed by atoms with van der Waals surface area (Å²) in [5, 5.41) is 2.27. The summed E-state index contributed by atoms with van der Waals surface area (Å²) in [5.41, 5.74) is -1.26. The Balaban J connectivity index is 1.69. The highest BCUT2D eigenvalue weighted by molar-refractivity contribution is 7.92. The van der Waals surface area contributed by atoms with Crippen molar-refractivity contribution in [1.82, 2.24) is 4.90 Å². The number of halogens is 4. The number of hydrogen-bond acceptors (Lipinski definition) is 4. The fourth-order valence-corrected chi connectivity index (χ4v) is 5.99. The molecule has 0 atom stereocenters. The molecule has 206 valence electrons. The molecule has 1 aliphatic heterocycles. The van der Waals surface area contributed by atoms with E-state index in [1.165, 1.54) is 30.3 Å². The van der Waals surface area contributed by atoms with Crippen molar-refractivity contribution in [2.75, 3.05) is 29.3 Å². The van der Waals surface area contributed by atoms with Gasteiger partial charge in [-0.25, -0.2) is 8.42 Å². The van der Waals surface area contributed by atoms with Gasteiger partial charge in [-0.05, 0) is 61.7 Å². The molecule has 0 aromatic heterocycles. The molecular formula is C27H25ClF3N3O4S. The third kappa shape index (κ3) is 6.54. The number of benzene rings is 3. The van der Waals surface area contributed by atoms with E-state index in [2.05, 4.69) is 5.32 Å². The van der Waals surface area contributed by atoms with Crippen LogP contribution < -0.4 is 9.62 Å². The first-order chi connectivity index (χ1) is 18.5. The maximum absolute atomic E-state index is 13.6. The first kappa shape index (κ1) is 28.4. The van der Waals surface area contributed by atoms with Gasteiger partial charge in [-0.2, -0.15) is 13.2 Å². The smallest absolute Gasteiger partial charge is 0.339 e. The summed E-state index contributed by atoms with van der Waals surface area (Å²) in [4.78, 5) is 27.8. The number of para-hydroxylation sites is 1. The van der Waals surface area contributed by atoms with Crippen LogP contribution >= 0.6 is 11.6 Å². The van der Waals surface area contributed by atoms with Gasteiger partial charge >= 0.3 is 6.18 Å². The maximum atomic E-state index is 13.6. The highest BCUT2D eigenvalue weighted by Crippen LogP contribution is 2.37. The number of nitrogens with one attached hydrogen (secondary N) is 1. The third-order valence-corrected chi connectivity index (χ3v) is 8.33. The average molecular weight is 580 g/mol. The largest absolute Gasteiger partial charge is 0.416 e. The van der Waals surface area contributed by atoms with E-state index in [0.29, 0.717) is 23.5 Å². The van der Waals surface area contributed by atoms with Gasteiger partial charge in [-0.3, -0.25) is 13.9 Å². The van der Waals surface area contributed by atoms with E-state index in [1.54, 1.807) is 29.2 Å². The van der Waals surface area contributed by atoms with Crippen LogP contribution in [0.2, 0.25) is 5.02 Å². The summed E-state index contributed by atoms with van der Waals surface area (Å²) in [5.74, 6) is -1.15. The minimum atomic E-state index is -4.78. The van der Waals surface area contributed by atoms with Crippen LogP contribution in [0.1, 0.15) is 35.2 Å². The number of hydrogen-bond donors (Lipinski definition) is 1. The predicted octanol–water partition coefficient (Wildman–Crippen LogP) is 5.82. The Morgan fingerprint density at radius 2 is 1.56 bits per heavy atom. The molecule has 0 unspecified atom stereocenters. The molecule has 1 heterocycles. The summed E-state index contributed by atoms with van der Waals surface area (Å²) >= 11 is 6.18. The molecule has 0 radical (unpaired) electrons. The molecule has 12 heteroatoms. The van der Waals surface area contributed by atoms with Crippen molar-refractivity contribution in [2.24, 2.45) is 0 Å². The Hall–Kier alpha value is -3.57. The molecule has 0 aliphatic carbocycles. The molecule has 4 rings (SSSR count). The lowest BCUT2D eigenvalue weighted by Crippen LogP contribution is -2.39. The molecular weight excluding hydrogens is 555 g/mol. The highest BCUT2D eigenvalue weighted by atomic mass is 35.5. The number of sulfonamides is 1. The number of likely N-dealkylation sites (tertiary alicyclic amines) is 1. The summed E-state index contributed by atoms with van der Waals surface area (Å²) in [7, 11) is -4.52. The molecule has 2 amide bonds. The minimum Gasteiger partial charge on any atom is -0.339 e. The number of carbonyl (C=O) groups is 2. The van der Waals surface area contributed by atoms with Crippen molar-refractivity contribution < 1.29 is 31.2 Å². The summed E-state index contributed by atoms with van der Waals surface area (Å²) in [6, 6.07) is 15.5. The molecule has 3 aromatic carbocycles.